The molecule has 0 aliphatic heterocycles. The van der Waals surface area contributed by atoms with E-state index in [4.69, 9.17) is 9.72 Å². The van der Waals surface area contributed by atoms with E-state index in [0.29, 0.717) is 13.0 Å². The standard InChI is InChI=1S/C28H32N2O3S/c1-27(2,3)34-25-21-15-20(33-17-19-12-11-18-9-7-8-10-22(18)29-19)13-14-23(21)30(6)24(25)16-28(4,5)26(31)32/h7-15H,16-17H2,1-6H3,(H,31,32). The molecule has 0 radical (unpaired) electrons. The molecule has 34 heavy (non-hydrogen) atoms. The molecule has 1 N–H and O–H groups in total. The van der Waals surface area contributed by atoms with Crippen LogP contribution in [-0.4, -0.2) is 25.4 Å². The molecular formula is C28H32N2O3S. The number of benzene rings is 2. The van der Waals surface area contributed by atoms with Crippen molar-refractivity contribution in [2.45, 2.75) is 57.3 Å². The van der Waals surface area contributed by atoms with Crippen molar-refractivity contribution in [3.05, 3.63) is 66.0 Å². The summed E-state index contributed by atoms with van der Waals surface area (Å²) in [4.78, 5) is 17.7. The topological polar surface area (TPSA) is 64.4 Å². The lowest BCUT2D eigenvalue weighted by molar-refractivity contribution is -0.146. The molecule has 0 amide bonds. The normalized spacial score (nSPS) is 12.4. The molecule has 0 spiro atoms. The van der Waals surface area contributed by atoms with Gasteiger partial charge in [-0.2, -0.15) is 0 Å². The Morgan fingerprint density at radius 2 is 1.79 bits per heavy atom. The zero-order valence-electron chi connectivity index (χ0n) is 20.7. The van der Waals surface area contributed by atoms with Gasteiger partial charge in [0.2, 0.25) is 0 Å². The van der Waals surface area contributed by atoms with E-state index in [2.05, 4.69) is 43.5 Å². The molecular weight excluding hydrogens is 444 g/mol. The Kier molecular flexibility index (Phi) is 6.38. The lowest BCUT2D eigenvalue weighted by atomic mass is 9.88. The smallest absolute Gasteiger partial charge is 0.309 e. The Bertz CT molecular complexity index is 1370. The lowest BCUT2D eigenvalue weighted by Gasteiger charge is -2.23. The molecule has 2 aromatic heterocycles. The van der Waals surface area contributed by atoms with Crippen LogP contribution in [0.25, 0.3) is 21.8 Å². The molecule has 0 saturated heterocycles. The summed E-state index contributed by atoms with van der Waals surface area (Å²) in [6.45, 7) is 10.5. The average Bonchev–Trinajstić information content (AvgIpc) is 3.01. The second-order valence-electron chi connectivity index (χ2n) is 10.4. The number of aliphatic carboxylic acids is 1. The molecule has 178 valence electrons. The maximum Gasteiger partial charge on any atom is 0.309 e. The second kappa shape index (κ2) is 8.99. The number of hydrogen-bond acceptors (Lipinski definition) is 4. The molecule has 6 heteroatoms. The van der Waals surface area contributed by atoms with Crippen molar-refractivity contribution < 1.29 is 14.6 Å². The average molecular weight is 477 g/mol. The Morgan fingerprint density at radius 1 is 1.06 bits per heavy atom. The third kappa shape index (κ3) is 5.07. The minimum absolute atomic E-state index is 0.0255. The molecule has 2 heterocycles. The number of ether oxygens (including phenoxy) is 1. The molecule has 0 saturated carbocycles. The molecule has 0 fully saturated rings. The van der Waals surface area contributed by atoms with E-state index in [0.717, 1.165) is 43.8 Å². The first-order chi connectivity index (χ1) is 15.9. The van der Waals surface area contributed by atoms with Crippen LogP contribution in [0.5, 0.6) is 5.75 Å². The predicted molar refractivity (Wildman–Crippen MR) is 140 cm³/mol. The number of hydrogen-bond donors (Lipinski definition) is 1. The molecule has 5 nitrogen and oxygen atoms in total. The van der Waals surface area contributed by atoms with E-state index in [-0.39, 0.29) is 4.75 Å². The van der Waals surface area contributed by atoms with E-state index in [1.54, 1.807) is 25.6 Å². The number of rotatable bonds is 7. The maximum atomic E-state index is 11.9. The van der Waals surface area contributed by atoms with E-state index in [1.165, 1.54) is 0 Å². The summed E-state index contributed by atoms with van der Waals surface area (Å²) in [6.07, 6.45) is 0.448. The van der Waals surface area contributed by atoms with Crippen LogP contribution in [0.4, 0.5) is 0 Å². The van der Waals surface area contributed by atoms with Gasteiger partial charge in [0, 0.05) is 45.1 Å². The van der Waals surface area contributed by atoms with Crippen LogP contribution in [0, 0.1) is 5.41 Å². The van der Waals surface area contributed by atoms with Gasteiger partial charge in [-0.1, -0.05) is 45.0 Å². The highest BCUT2D eigenvalue weighted by atomic mass is 32.2. The van der Waals surface area contributed by atoms with E-state index in [1.807, 2.05) is 43.4 Å². The van der Waals surface area contributed by atoms with Crippen molar-refractivity contribution in [3.63, 3.8) is 0 Å². The number of para-hydroxylation sites is 1. The van der Waals surface area contributed by atoms with Crippen molar-refractivity contribution in [3.8, 4) is 5.75 Å². The number of carboxylic acids is 1. The maximum absolute atomic E-state index is 11.9. The molecule has 4 rings (SSSR count). The van der Waals surface area contributed by atoms with Crippen molar-refractivity contribution in [1.82, 2.24) is 9.55 Å². The third-order valence-corrected chi connectivity index (χ3v) is 7.15. The summed E-state index contributed by atoms with van der Waals surface area (Å²) in [5.41, 5.74) is 3.07. The SMILES string of the molecule is Cn1c(CC(C)(C)C(=O)O)c(SC(C)(C)C)c2cc(OCc3ccc4ccccc4n3)ccc21. The number of aromatic nitrogens is 2. The van der Waals surface area contributed by atoms with Gasteiger partial charge in [-0.3, -0.25) is 4.79 Å². The van der Waals surface area contributed by atoms with Crippen molar-refractivity contribution >= 4 is 39.5 Å². The number of pyridine rings is 1. The third-order valence-electron chi connectivity index (χ3n) is 5.88. The lowest BCUT2D eigenvalue weighted by Crippen LogP contribution is -2.27. The Morgan fingerprint density at radius 3 is 2.50 bits per heavy atom. The summed E-state index contributed by atoms with van der Waals surface area (Å²) in [7, 11) is 2.02. The van der Waals surface area contributed by atoms with Crippen molar-refractivity contribution in [2.75, 3.05) is 0 Å². The summed E-state index contributed by atoms with van der Waals surface area (Å²) < 4.78 is 8.25. The number of carboxylic acid groups (broad SMARTS) is 1. The number of fused-ring (bicyclic) bond motifs is 2. The molecule has 0 atom stereocenters. The molecule has 2 aromatic carbocycles. The van der Waals surface area contributed by atoms with E-state index in [9.17, 15) is 9.90 Å². The van der Waals surface area contributed by atoms with E-state index >= 15 is 0 Å². The monoisotopic (exact) mass is 476 g/mol. The minimum Gasteiger partial charge on any atom is -0.487 e. The Labute approximate surface area is 205 Å². The van der Waals surface area contributed by atoms with Gasteiger partial charge in [-0.05, 0) is 44.2 Å². The van der Waals surface area contributed by atoms with E-state index < -0.39 is 11.4 Å². The van der Waals surface area contributed by atoms with Crippen LogP contribution < -0.4 is 4.74 Å². The highest BCUT2D eigenvalue weighted by Gasteiger charge is 2.32. The fourth-order valence-corrected chi connectivity index (χ4v) is 5.20. The number of aryl methyl sites for hydroxylation is 1. The van der Waals surface area contributed by atoms with Crippen LogP contribution in [0.15, 0.2) is 59.5 Å². The predicted octanol–water partition coefficient (Wildman–Crippen LogP) is 6.85. The molecule has 4 aromatic rings. The van der Waals surface area contributed by atoms with Gasteiger partial charge in [0.15, 0.2) is 0 Å². The number of thioether (sulfide) groups is 1. The van der Waals surface area contributed by atoms with Crippen LogP contribution in [0.3, 0.4) is 0 Å². The number of carbonyl (C=O) groups is 1. The van der Waals surface area contributed by atoms with Gasteiger partial charge in [0.1, 0.15) is 12.4 Å². The first kappa shape index (κ1) is 24.1. The summed E-state index contributed by atoms with van der Waals surface area (Å²) >= 11 is 1.77. The summed E-state index contributed by atoms with van der Waals surface area (Å²) in [5.74, 6) is -0.0239. The largest absolute Gasteiger partial charge is 0.487 e. The van der Waals surface area contributed by atoms with Crippen LogP contribution in [-0.2, 0) is 24.9 Å². The second-order valence-corrected chi connectivity index (χ2v) is 12.2. The fourth-order valence-electron chi connectivity index (χ4n) is 3.99. The Balaban J connectivity index is 1.69. The Hall–Kier alpha value is -2.99. The zero-order valence-corrected chi connectivity index (χ0v) is 21.5. The van der Waals surface area contributed by atoms with Crippen molar-refractivity contribution in [2.24, 2.45) is 12.5 Å². The first-order valence-electron chi connectivity index (χ1n) is 11.5. The highest BCUT2D eigenvalue weighted by Crippen LogP contribution is 2.43. The summed E-state index contributed by atoms with van der Waals surface area (Å²) in [6, 6.07) is 18.2. The van der Waals surface area contributed by atoms with Crippen LogP contribution in [0.1, 0.15) is 46.0 Å². The van der Waals surface area contributed by atoms with Gasteiger partial charge in [-0.15, -0.1) is 11.8 Å². The minimum atomic E-state index is -0.865. The zero-order chi connectivity index (χ0) is 24.7. The quantitative estimate of drug-likeness (QED) is 0.296. The molecule has 0 bridgehead atoms. The van der Waals surface area contributed by atoms with Crippen molar-refractivity contribution in [1.29, 1.82) is 0 Å². The fraction of sp³-hybridized carbons (Fsp3) is 0.357. The summed E-state index contributed by atoms with van der Waals surface area (Å²) in [5, 5.41) is 11.9. The first-order valence-corrected chi connectivity index (χ1v) is 12.3. The molecule has 0 unspecified atom stereocenters. The number of nitrogens with zero attached hydrogens (tertiary/aromatic N) is 2. The van der Waals surface area contributed by atoms with Crippen LogP contribution >= 0.6 is 11.8 Å². The molecule has 0 aliphatic rings. The van der Waals surface area contributed by atoms with Gasteiger partial charge in [0.25, 0.3) is 0 Å². The molecule has 0 aliphatic carbocycles. The highest BCUT2D eigenvalue weighted by molar-refractivity contribution is 8.00. The van der Waals surface area contributed by atoms with Gasteiger partial charge in [-0.25, -0.2) is 4.98 Å². The van der Waals surface area contributed by atoms with Gasteiger partial charge in [0.05, 0.1) is 16.6 Å². The van der Waals surface area contributed by atoms with Gasteiger partial charge >= 0.3 is 5.97 Å². The van der Waals surface area contributed by atoms with Gasteiger partial charge < -0.3 is 14.4 Å². The van der Waals surface area contributed by atoms with Crippen LogP contribution in [0.2, 0.25) is 0 Å².